The van der Waals surface area contributed by atoms with Crippen LogP contribution in [0.25, 0.3) is 0 Å². The van der Waals surface area contributed by atoms with Crippen LogP contribution in [0.2, 0.25) is 0 Å². The molecule has 1 saturated carbocycles. The molecule has 2 rings (SSSR count). The van der Waals surface area contributed by atoms with Gasteiger partial charge in [0.05, 0.1) is 23.6 Å². The highest BCUT2D eigenvalue weighted by atomic mass is 16.3. The Kier molecular flexibility index (Phi) is 3.37. The van der Waals surface area contributed by atoms with Crippen LogP contribution in [0.3, 0.4) is 0 Å². The number of aliphatic hydroxyl groups excluding tert-OH is 1. The van der Waals surface area contributed by atoms with E-state index in [1.54, 1.807) is 18.5 Å². The minimum absolute atomic E-state index is 0.151. The summed E-state index contributed by atoms with van der Waals surface area (Å²) in [5.41, 5.74) is 1.42. The van der Waals surface area contributed by atoms with E-state index in [9.17, 15) is 5.11 Å². The van der Waals surface area contributed by atoms with E-state index in [2.05, 4.69) is 16.4 Å². The van der Waals surface area contributed by atoms with E-state index in [0.29, 0.717) is 11.6 Å². The zero-order valence-corrected chi connectivity index (χ0v) is 9.06. The van der Waals surface area contributed by atoms with Gasteiger partial charge in [-0.25, -0.2) is 0 Å². The molecule has 0 radical (unpaired) electrons. The van der Waals surface area contributed by atoms with Gasteiger partial charge >= 0.3 is 0 Å². The van der Waals surface area contributed by atoms with E-state index >= 15 is 0 Å². The number of anilines is 1. The van der Waals surface area contributed by atoms with E-state index in [1.807, 2.05) is 0 Å². The lowest BCUT2D eigenvalue weighted by Crippen LogP contribution is -2.28. The number of hydrogen-bond donors (Lipinski definition) is 2. The van der Waals surface area contributed by atoms with Crippen molar-refractivity contribution in [3.05, 3.63) is 24.0 Å². The number of pyridine rings is 1. The zero-order chi connectivity index (χ0) is 11.4. The summed E-state index contributed by atoms with van der Waals surface area (Å²) in [5, 5.41) is 21.7. The van der Waals surface area contributed by atoms with Gasteiger partial charge in [0.25, 0.3) is 0 Å². The maximum absolute atomic E-state index is 9.40. The molecule has 0 unspecified atom stereocenters. The van der Waals surface area contributed by atoms with Crippen LogP contribution in [0.4, 0.5) is 5.69 Å². The van der Waals surface area contributed by atoms with Gasteiger partial charge in [0.15, 0.2) is 0 Å². The molecule has 0 aliphatic heterocycles. The van der Waals surface area contributed by atoms with Gasteiger partial charge in [0.1, 0.15) is 6.07 Å². The Morgan fingerprint density at radius 3 is 2.81 bits per heavy atom. The summed E-state index contributed by atoms with van der Waals surface area (Å²) in [6, 6.07) is 4.20. The van der Waals surface area contributed by atoms with E-state index in [4.69, 9.17) is 5.26 Å². The third kappa shape index (κ3) is 2.50. The van der Waals surface area contributed by atoms with Crippen molar-refractivity contribution in [3.63, 3.8) is 0 Å². The fraction of sp³-hybridized carbons (Fsp3) is 0.500. The minimum Gasteiger partial charge on any atom is -0.393 e. The molecule has 4 heteroatoms. The topological polar surface area (TPSA) is 68.9 Å². The third-order valence-electron chi connectivity index (χ3n) is 3.00. The van der Waals surface area contributed by atoms with Crippen molar-refractivity contribution in [3.8, 4) is 6.07 Å². The van der Waals surface area contributed by atoms with Gasteiger partial charge in [0.2, 0.25) is 0 Å². The van der Waals surface area contributed by atoms with E-state index in [1.165, 1.54) is 0 Å². The molecule has 0 saturated heterocycles. The van der Waals surface area contributed by atoms with Crippen LogP contribution in [0.1, 0.15) is 31.2 Å². The highest BCUT2D eigenvalue weighted by Crippen LogP contribution is 2.23. The van der Waals surface area contributed by atoms with E-state index in [-0.39, 0.29) is 6.10 Å². The molecule has 0 bridgehead atoms. The monoisotopic (exact) mass is 217 g/mol. The van der Waals surface area contributed by atoms with Gasteiger partial charge in [0, 0.05) is 12.2 Å². The van der Waals surface area contributed by atoms with E-state index in [0.717, 1.165) is 31.4 Å². The molecule has 0 amide bonds. The van der Waals surface area contributed by atoms with Crippen molar-refractivity contribution < 1.29 is 5.11 Å². The summed E-state index contributed by atoms with van der Waals surface area (Å²) < 4.78 is 0. The van der Waals surface area contributed by atoms with Crippen LogP contribution in [0, 0.1) is 11.3 Å². The van der Waals surface area contributed by atoms with Crippen LogP contribution in [-0.4, -0.2) is 22.2 Å². The van der Waals surface area contributed by atoms with Gasteiger partial charge in [-0.05, 0) is 31.7 Å². The average Bonchev–Trinajstić information content (AvgIpc) is 2.33. The Morgan fingerprint density at radius 2 is 2.12 bits per heavy atom. The van der Waals surface area contributed by atoms with Crippen molar-refractivity contribution >= 4 is 5.69 Å². The summed E-state index contributed by atoms with van der Waals surface area (Å²) in [6.45, 7) is 0. The molecule has 1 aliphatic carbocycles. The third-order valence-corrected chi connectivity index (χ3v) is 3.00. The first-order chi connectivity index (χ1) is 7.79. The lowest BCUT2D eigenvalue weighted by Gasteiger charge is -2.27. The average molecular weight is 217 g/mol. The number of rotatable bonds is 2. The number of aliphatic hydroxyl groups is 1. The molecular formula is C12H15N3O. The summed E-state index contributed by atoms with van der Waals surface area (Å²) in [6.07, 6.45) is 6.71. The second-order valence-electron chi connectivity index (χ2n) is 4.18. The number of aromatic nitrogens is 1. The first-order valence-corrected chi connectivity index (χ1v) is 5.58. The SMILES string of the molecule is N#Cc1ccncc1NC1CCC(O)CC1. The molecule has 1 fully saturated rings. The lowest BCUT2D eigenvalue weighted by molar-refractivity contribution is 0.126. The molecule has 1 aromatic rings. The first kappa shape index (κ1) is 10.9. The standard InChI is InChI=1S/C12H15N3O/c13-7-9-5-6-14-8-12(9)15-10-1-3-11(16)4-2-10/h5-6,8,10-11,15-16H,1-4H2. The molecule has 16 heavy (non-hydrogen) atoms. The number of nitrogens with zero attached hydrogens (tertiary/aromatic N) is 2. The molecule has 4 nitrogen and oxygen atoms in total. The van der Waals surface area contributed by atoms with Gasteiger partial charge < -0.3 is 10.4 Å². The summed E-state index contributed by atoms with van der Waals surface area (Å²) in [7, 11) is 0. The van der Waals surface area contributed by atoms with Gasteiger partial charge in [-0.1, -0.05) is 0 Å². The number of nitrogens with one attached hydrogen (secondary N) is 1. The van der Waals surface area contributed by atoms with Crippen molar-refractivity contribution in [2.45, 2.75) is 37.8 Å². The predicted molar refractivity (Wildman–Crippen MR) is 60.8 cm³/mol. The maximum Gasteiger partial charge on any atom is 0.101 e. The molecule has 0 atom stereocenters. The second-order valence-corrected chi connectivity index (χ2v) is 4.18. The Hall–Kier alpha value is -1.60. The number of hydrogen-bond acceptors (Lipinski definition) is 4. The molecule has 1 heterocycles. The van der Waals surface area contributed by atoms with Crippen LogP contribution in [-0.2, 0) is 0 Å². The molecule has 0 spiro atoms. The zero-order valence-electron chi connectivity index (χ0n) is 9.06. The smallest absolute Gasteiger partial charge is 0.101 e. The van der Waals surface area contributed by atoms with Gasteiger partial charge in [-0.2, -0.15) is 5.26 Å². The fourth-order valence-electron chi connectivity index (χ4n) is 2.05. The molecule has 84 valence electrons. The number of nitriles is 1. The summed E-state index contributed by atoms with van der Waals surface area (Å²) >= 11 is 0. The molecule has 1 aliphatic rings. The molecule has 2 N–H and O–H groups in total. The van der Waals surface area contributed by atoms with Crippen LogP contribution in [0.5, 0.6) is 0 Å². The maximum atomic E-state index is 9.40. The Bertz CT molecular complexity index is 391. The van der Waals surface area contributed by atoms with Crippen molar-refractivity contribution in [1.82, 2.24) is 4.98 Å². The molecule has 0 aromatic carbocycles. The highest BCUT2D eigenvalue weighted by molar-refractivity contribution is 5.55. The van der Waals surface area contributed by atoms with Gasteiger partial charge in [-0.3, -0.25) is 4.98 Å². The summed E-state index contributed by atoms with van der Waals surface area (Å²) in [5.74, 6) is 0. The largest absolute Gasteiger partial charge is 0.393 e. The van der Waals surface area contributed by atoms with E-state index < -0.39 is 0 Å². The van der Waals surface area contributed by atoms with Crippen LogP contribution in [0.15, 0.2) is 18.5 Å². The predicted octanol–water partition coefficient (Wildman–Crippen LogP) is 1.67. The highest BCUT2D eigenvalue weighted by Gasteiger charge is 2.19. The van der Waals surface area contributed by atoms with Crippen molar-refractivity contribution in [1.29, 1.82) is 5.26 Å². The van der Waals surface area contributed by atoms with Crippen molar-refractivity contribution in [2.24, 2.45) is 0 Å². The lowest BCUT2D eigenvalue weighted by atomic mass is 9.93. The van der Waals surface area contributed by atoms with Crippen LogP contribution >= 0.6 is 0 Å². The Labute approximate surface area is 94.9 Å². The normalized spacial score (nSPS) is 24.8. The van der Waals surface area contributed by atoms with Crippen molar-refractivity contribution in [2.75, 3.05) is 5.32 Å². The second kappa shape index (κ2) is 4.95. The quantitative estimate of drug-likeness (QED) is 0.790. The fourth-order valence-corrected chi connectivity index (χ4v) is 2.05. The van der Waals surface area contributed by atoms with Gasteiger partial charge in [-0.15, -0.1) is 0 Å². The molecule has 1 aromatic heterocycles. The Balaban J connectivity index is 2.01. The first-order valence-electron chi connectivity index (χ1n) is 5.58. The Morgan fingerprint density at radius 1 is 1.38 bits per heavy atom. The molecular weight excluding hydrogens is 202 g/mol. The minimum atomic E-state index is -0.151. The summed E-state index contributed by atoms with van der Waals surface area (Å²) in [4.78, 5) is 4.01. The van der Waals surface area contributed by atoms with Crippen LogP contribution < -0.4 is 5.32 Å².